The van der Waals surface area contributed by atoms with Crippen LogP contribution in [0.4, 0.5) is 11.4 Å². The zero-order valence-corrected chi connectivity index (χ0v) is 11.9. The van der Waals surface area contributed by atoms with Gasteiger partial charge in [0.15, 0.2) is 0 Å². The van der Waals surface area contributed by atoms with Crippen molar-refractivity contribution in [3.8, 4) is 0 Å². The van der Waals surface area contributed by atoms with Crippen LogP contribution in [0.1, 0.15) is 16.7 Å². The maximum Gasteiger partial charge on any atom is 0.0411 e. The molecule has 1 aliphatic rings. The summed E-state index contributed by atoms with van der Waals surface area (Å²) in [7, 11) is 4.30. The van der Waals surface area contributed by atoms with Crippen molar-refractivity contribution in [1.82, 2.24) is 4.90 Å². The number of benzene rings is 2. The van der Waals surface area contributed by atoms with Crippen molar-refractivity contribution in [2.24, 2.45) is 0 Å². The highest BCUT2D eigenvalue weighted by Gasteiger charge is 2.16. The second-order valence-electron chi connectivity index (χ2n) is 5.52. The molecule has 0 bridgehead atoms. The molecule has 0 aliphatic carbocycles. The van der Waals surface area contributed by atoms with Crippen LogP contribution < -0.4 is 4.90 Å². The van der Waals surface area contributed by atoms with Gasteiger partial charge in [-0.15, -0.1) is 0 Å². The van der Waals surface area contributed by atoms with E-state index in [9.17, 15) is 0 Å². The fourth-order valence-corrected chi connectivity index (χ4v) is 2.68. The summed E-state index contributed by atoms with van der Waals surface area (Å²) in [4.78, 5) is 4.60. The van der Waals surface area contributed by atoms with Gasteiger partial charge in [-0.3, -0.25) is 4.90 Å². The summed E-state index contributed by atoms with van der Waals surface area (Å²) in [5.74, 6) is 0. The Morgan fingerprint density at radius 3 is 2.26 bits per heavy atom. The number of hydrogen-bond acceptors (Lipinski definition) is 2. The van der Waals surface area contributed by atoms with Crippen LogP contribution in [-0.2, 0) is 13.1 Å². The Hall–Kier alpha value is -1.80. The summed E-state index contributed by atoms with van der Waals surface area (Å²) in [6, 6.07) is 15.5. The summed E-state index contributed by atoms with van der Waals surface area (Å²) >= 11 is 0. The zero-order valence-electron chi connectivity index (χ0n) is 11.9. The second-order valence-corrected chi connectivity index (χ2v) is 5.52. The van der Waals surface area contributed by atoms with Gasteiger partial charge < -0.3 is 4.90 Å². The van der Waals surface area contributed by atoms with Gasteiger partial charge in [0, 0.05) is 31.5 Å². The van der Waals surface area contributed by atoms with Crippen LogP contribution in [0.15, 0.2) is 42.5 Å². The third-order valence-corrected chi connectivity index (χ3v) is 3.88. The van der Waals surface area contributed by atoms with Crippen molar-refractivity contribution in [3.05, 3.63) is 59.2 Å². The van der Waals surface area contributed by atoms with Crippen LogP contribution in [0.25, 0.3) is 0 Å². The maximum atomic E-state index is 2.35. The Morgan fingerprint density at radius 1 is 0.895 bits per heavy atom. The Labute approximate surface area is 115 Å². The van der Waals surface area contributed by atoms with Gasteiger partial charge in [-0.1, -0.05) is 23.8 Å². The number of rotatable bonds is 2. The van der Waals surface area contributed by atoms with Crippen LogP contribution in [0.2, 0.25) is 0 Å². The number of aryl methyl sites for hydroxylation is 1. The minimum absolute atomic E-state index is 1.06. The number of hydrogen-bond donors (Lipinski definition) is 0. The monoisotopic (exact) mass is 252 g/mol. The molecular weight excluding hydrogens is 232 g/mol. The van der Waals surface area contributed by atoms with E-state index in [0.29, 0.717) is 0 Å². The van der Waals surface area contributed by atoms with E-state index < -0.39 is 0 Å². The molecule has 0 fully saturated rings. The molecular formula is C17H20N2. The van der Waals surface area contributed by atoms with Gasteiger partial charge in [-0.25, -0.2) is 0 Å². The highest BCUT2D eigenvalue weighted by molar-refractivity contribution is 5.64. The van der Waals surface area contributed by atoms with Gasteiger partial charge in [0.2, 0.25) is 0 Å². The van der Waals surface area contributed by atoms with Crippen LogP contribution in [0.5, 0.6) is 0 Å². The summed E-state index contributed by atoms with van der Waals surface area (Å²) < 4.78 is 0. The van der Waals surface area contributed by atoms with Crippen LogP contribution >= 0.6 is 0 Å². The molecule has 2 aromatic carbocycles. The van der Waals surface area contributed by atoms with Gasteiger partial charge in [0.1, 0.15) is 0 Å². The average Bonchev–Trinajstić information content (AvgIpc) is 2.77. The van der Waals surface area contributed by atoms with E-state index in [0.717, 1.165) is 13.1 Å². The van der Waals surface area contributed by atoms with E-state index in [-0.39, 0.29) is 0 Å². The average molecular weight is 252 g/mol. The molecule has 2 nitrogen and oxygen atoms in total. The molecule has 0 aromatic heterocycles. The van der Waals surface area contributed by atoms with Gasteiger partial charge in [0.05, 0.1) is 0 Å². The third kappa shape index (κ3) is 2.36. The van der Waals surface area contributed by atoms with Crippen LogP contribution in [-0.4, -0.2) is 19.0 Å². The summed E-state index contributed by atoms with van der Waals surface area (Å²) in [5.41, 5.74) is 6.71. The molecule has 1 heterocycles. The molecule has 0 N–H and O–H groups in total. The molecule has 0 saturated heterocycles. The molecule has 0 saturated carbocycles. The predicted octanol–water partition coefficient (Wildman–Crippen LogP) is 3.71. The van der Waals surface area contributed by atoms with Gasteiger partial charge in [-0.05, 0) is 49.4 Å². The van der Waals surface area contributed by atoms with Crippen molar-refractivity contribution in [2.45, 2.75) is 20.0 Å². The maximum absolute atomic E-state index is 2.35. The smallest absolute Gasteiger partial charge is 0.0411 e. The molecule has 0 amide bonds. The predicted molar refractivity (Wildman–Crippen MR) is 80.9 cm³/mol. The molecule has 2 aromatic rings. The number of fused-ring (bicyclic) bond motifs is 1. The highest BCUT2D eigenvalue weighted by Crippen LogP contribution is 2.29. The van der Waals surface area contributed by atoms with Gasteiger partial charge in [0.25, 0.3) is 0 Å². The topological polar surface area (TPSA) is 6.48 Å². The molecule has 0 unspecified atom stereocenters. The highest BCUT2D eigenvalue weighted by atomic mass is 15.1. The Kier molecular flexibility index (Phi) is 3.03. The van der Waals surface area contributed by atoms with E-state index >= 15 is 0 Å². The first-order valence-electron chi connectivity index (χ1n) is 6.74. The SMILES string of the molecule is Cc1ccc(N(C)c2ccc3c(c2)CN(C)C3)cc1. The van der Waals surface area contributed by atoms with Gasteiger partial charge in [-0.2, -0.15) is 0 Å². The van der Waals surface area contributed by atoms with Crippen LogP contribution in [0, 0.1) is 6.92 Å². The van der Waals surface area contributed by atoms with Crippen LogP contribution in [0.3, 0.4) is 0 Å². The van der Waals surface area contributed by atoms with Crippen molar-refractivity contribution in [3.63, 3.8) is 0 Å². The minimum Gasteiger partial charge on any atom is -0.345 e. The minimum atomic E-state index is 1.06. The van der Waals surface area contributed by atoms with Crippen molar-refractivity contribution >= 4 is 11.4 Å². The zero-order chi connectivity index (χ0) is 13.4. The van der Waals surface area contributed by atoms with E-state index in [2.05, 4.69) is 73.3 Å². The normalized spacial score (nSPS) is 14.5. The van der Waals surface area contributed by atoms with E-state index in [1.807, 2.05) is 0 Å². The van der Waals surface area contributed by atoms with Crippen molar-refractivity contribution < 1.29 is 0 Å². The molecule has 0 radical (unpaired) electrons. The van der Waals surface area contributed by atoms with Crippen molar-refractivity contribution in [1.29, 1.82) is 0 Å². The van der Waals surface area contributed by atoms with Gasteiger partial charge >= 0.3 is 0 Å². The fraction of sp³-hybridized carbons (Fsp3) is 0.294. The van der Waals surface area contributed by atoms with E-state index in [4.69, 9.17) is 0 Å². The molecule has 1 aliphatic heterocycles. The lowest BCUT2D eigenvalue weighted by molar-refractivity contribution is 0.353. The summed E-state index contributed by atoms with van der Waals surface area (Å²) in [5, 5.41) is 0. The molecule has 98 valence electrons. The lowest BCUT2D eigenvalue weighted by atomic mass is 10.1. The Balaban J connectivity index is 1.90. The number of anilines is 2. The molecule has 2 heteroatoms. The number of nitrogens with zero attached hydrogens (tertiary/aromatic N) is 2. The lowest BCUT2D eigenvalue weighted by Gasteiger charge is -2.20. The lowest BCUT2D eigenvalue weighted by Crippen LogP contribution is -2.09. The first-order valence-corrected chi connectivity index (χ1v) is 6.74. The fourth-order valence-electron chi connectivity index (χ4n) is 2.68. The first kappa shape index (κ1) is 12.2. The Morgan fingerprint density at radius 2 is 1.53 bits per heavy atom. The second kappa shape index (κ2) is 4.71. The standard InChI is InChI=1S/C17H20N2/c1-13-4-7-16(8-5-13)19(3)17-9-6-14-11-18(2)12-15(14)10-17/h4-10H,11-12H2,1-3H3. The van der Waals surface area contributed by atoms with E-state index in [1.165, 1.54) is 28.1 Å². The quantitative estimate of drug-likeness (QED) is 0.804. The summed E-state index contributed by atoms with van der Waals surface area (Å²) in [6.07, 6.45) is 0. The van der Waals surface area contributed by atoms with Crippen molar-refractivity contribution in [2.75, 3.05) is 19.0 Å². The molecule has 19 heavy (non-hydrogen) atoms. The molecule has 3 rings (SSSR count). The molecule has 0 spiro atoms. The summed E-state index contributed by atoms with van der Waals surface area (Å²) in [6.45, 7) is 4.25. The van der Waals surface area contributed by atoms with E-state index in [1.54, 1.807) is 0 Å². The Bertz CT molecular complexity index is 587. The largest absolute Gasteiger partial charge is 0.345 e. The molecule has 0 atom stereocenters. The third-order valence-electron chi connectivity index (χ3n) is 3.88. The first-order chi connectivity index (χ1) is 9.13.